The highest BCUT2D eigenvalue weighted by atomic mass is 32.1. The first kappa shape index (κ1) is 18.2. The molecule has 0 unspecified atom stereocenters. The maximum Gasteiger partial charge on any atom is 0.262 e. The van der Waals surface area contributed by atoms with E-state index in [0.717, 1.165) is 27.3 Å². The fraction of sp³-hybridized carbons (Fsp3) is 0.130. The average Bonchev–Trinajstić information content (AvgIpc) is 3.14. The van der Waals surface area contributed by atoms with E-state index in [9.17, 15) is 4.79 Å². The number of ether oxygens (including phenoxy) is 1. The van der Waals surface area contributed by atoms with Gasteiger partial charge in [0.1, 0.15) is 10.8 Å². The van der Waals surface area contributed by atoms with Crippen LogP contribution in [0.4, 0.5) is 5.69 Å². The van der Waals surface area contributed by atoms with Crippen molar-refractivity contribution in [2.75, 3.05) is 11.9 Å². The number of carbonyl (C=O) groups is 1. The Morgan fingerprint density at radius 3 is 2.54 bits per heavy atom. The van der Waals surface area contributed by atoms with Crippen LogP contribution in [-0.4, -0.2) is 17.5 Å². The summed E-state index contributed by atoms with van der Waals surface area (Å²) in [6.45, 7) is 4.04. The van der Waals surface area contributed by atoms with Crippen LogP contribution >= 0.6 is 11.3 Å². The van der Waals surface area contributed by atoms with Gasteiger partial charge in [-0.2, -0.15) is 0 Å². The van der Waals surface area contributed by atoms with Gasteiger partial charge in [0.25, 0.3) is 5.91 Å². The molecule has 1 heterocycles. The van der Waals surface area contributed by atoms with Crippen LogP contribution in [0.25, 0.3) is 20.8 Å². The van der Waals surface area contributed by atoms with E-state index in [0.29, 0.717) is 5.75 Å². The number of fused-ring (bicyclic) bond motifs is 1. The molecule has 0 saturated heterocycles. The summed E-state index contributed by atoms with van der Waals surface area (Å²) < 4.78 is 6.75. The van der Waals surface area contributed by atoms with Crippen molar-refractivity contribution in [1.29, 1.82) is 0 Å². The van der Waals surface area contributed by atoms with Gasteiger partial charge in [-0.1, -0.05) is 18.2 Å². The van der Waals surface area contributed by atoms with Crippen LogP contribution in [-0.2, 0) is 4.79 Å². The number of anilines is 1. The zero-order valence-corrected chi connectivity index (χ0v) is 16.5. The van der Waals surface area contributed by atoms with E-state index in [1.54, 1.807) is 11.3 Å². The third-order valence-electron chi connectivity index (χ3n) is 4.56. The lowest BCUT2D eigenvalue weighted by molar-refractivity contribution is -0.118. The smallest absolute Gasteiger partial charge is 0.262 e. The second-order valence-electron chi connectivity index (χ2n) is 6.65. The highest BCUT2D eigenvalue weighted by Crippen LogP contribution is 2.30. The van der Waals surface area contributed by atoms with Crippen LogP contribution in [0.15, 0.2) is 66.7 Å². The molecule has 0 saturated carbocycles. The number of nitrogens with one attached hydrogen (secondary N) is 1. The van der Waals surface area contributed by atoms with Crippen molar-refractivity contribution in [3.8, 4) is 16.3 Å². The van der Waals surface area contributed by atoms with Gasteiger partial charge in [0.2, 0.25) is 0 Å². The predicted octanol–water partition coefficient (Wildman–Crippen LogP) is 5.60. The fourth-order valence-electron chi connectivity index (χ4n) is 2.84. The Balaban J connectivity index is 1.38. The number of aryl methyl sites for hydroxylation is 2. The van der Waals surface area contributed by atoms with Crippen LogP contribution in [0.5, 0.6) is 5.75 Å². The van der Waals surface area contributed by atoms with Crippen molar-refractivity contribution in [2.24, 2.45) is 0 Å². The second kappa shape index (κ2) is 7.82. The van der Waals surface area contributed by atoms with Crippen LogP contribution in [0.3, 0.4) is 0 Å². The molecule has 0 aliphatic carbocycles. The minimum atomic E-state index is -0.189. The molecule has 0 atom stereocenters. The van der Waals surface area contributed by atoms with Gasteiger partial charge in [0.05, 0.1) is 10.2 Å². The molecular weight excluding hydrogens is 368 g/mol. The van der Waals surface area contributed by atoms with Crippen molar-refractivity contribution < 1.29 is 9.53 Å². The predicted molar refractivity (Wildman–Crippen MR) is 115 cm³/mol. The van der Waals surface area contributed by atoms with Crippen molar-refractivity contribution in [3.05, 3.63) is 77.9 Å². The van der Waals surface area contributed by atoms with E-state index in [4.69, 9.17) is 4.74 Å². The minimum absolute atomic E-state index is 0.0257. The van der Waals surface area contributed by atoms with Crippen molar-refractivity contribution in [3.63, 3.8) is 0 Å². The number of rotatable bonds is 5. The third-order valence-corrected chi connectivity index (χ3v) is 5.64. The lowest BCUT2D eigenvalue weighted by Gasteiger charge is -2.09. The second-order valence-corrected chi connectivity index (χ2v) is 7.68. The van der Waals surface area contributed by atoms with E-state index < -0.39 is 0 Å². The number of thiazole rings is 1. The van der Waals surface area contributed by atoms with Gasteiger partial charge in [-0.3, -0.25) is 4.79 Å². The molecule has 28 heavy (non-hydrogen) atoms. The summed E-state index contributed by atoms with van der Waals surface area (Å²) in [5, 5.41) is 3.83. The van der Waals surface area contributed by atoms with Gasteiger partial charge in [-0.25, -0.2) is 4.98 Å². The Labute approximate surface area is 167 Å². The SMILES string of the molecule is Cc1ccc(OCC(=O)Nc2ccc(-c3nc4ccccc4s3)cc2)cc1C. The fourth-order valence-corrected chi connectivity index (χ4v) is 3.81. The molecule has 0 aliphatic heterocycles. The standard InChI is InChI=1S/C23H20N2O2S/c1-15-7-12-19(13-16(15)2)27-14-22(26)24-18-10-8-17(9-11-18)23-25-20-5-3-4-6-21(20)28-23/h3-13H,14H2,1-2H3,(H,24,26). The van der Waals surface area contributed by atoms with Crippen LogP contribution in [0.2, 0.25) is 0 Å². The number of hydrogen-bond donors (Lipinski definition) is 1. The molecular formula is C23H20N2O2S. The molecule has 0 spiro atoms. The van der Waals surface area contributed by atoms with Crippen LogP contribution in [0.1, 0.15) is 11.1 Å². The lowest BCUT2D eigenvalue weighted by Crippen LogP contribution is -2.20. The summed E-state index contributed by atoms with van der Waals surface area (Å²) in [4.78, 5) is 16.8. The Morgan fingerprint density at radius 1 is 1.00 bits per heavy atom. The molecule has 1 amide bonds. The molecule has 0 aliphatic rings. The van der Waals surface area contributed by atoms with Crippen molar-refractivity contribution in [2.45, 2.75) is 13.8 Å². The summed E-state index contributed by atoms with van der Waals surface area (Å²) in [6.07, 6.45) is 0. The van der Waals surface area contributed by atoms with Crippen LogP contribution < -0.4 is 10.1 Å². The molecule has 4 aromatic rings. The van der Waals surface area contributed by atoms with Gasteiger partial charge in [-0.05, 0) is 73.5 Å². The highest BCUT2D eigenvalue weighted by Gasteiger charge is 2.08. The highest BCUT2D eigenvalue weighted by molar-refractivity contribution is 7.21. The van der Waals surface area contributed by atoms with Crippen LogP contribution in [0, 0.1) is 13.8 Å². The Morgan fingerprint density at radius 2 is 1.79 bits per heavy atom. The summed E-state index contributed by atoms with van der Waals surface area (Å²) in [7, 11) is 0. The maximum atomic E-state index is 12.2. The molecule has 140 valence electrons. The third kappa shape index (κ3) is 4.05. The first-order chi connectivity index (χ1) is 13.6. The van der Waals surface area contributed by atoms with E-state index in [-0.39, 0.29) is 12.5 Å². The Bertz CT molecular complexity index is 1100. The topological polar surface area (TPSA) is 51.2 Å². The molecule has 1 aromatic heterocycles. The van der Waals surface area contributed by atoms with Gasteiger partial charge in [-0.15, -0.1) is 11.3 Å². The normalized spacial score (nSPS) is 10.8. The Kier molecular flexibility index (Phi) is 5.08. The average molecular weight is 388 g/mol. The lowest BCUT2D eigenvalue weighted by atomic mass is 10.1. The minimum Gasteiger partial charge on any atom is -0.484 e. The molecule has 4 nitrogen and oxygen atoms in total. The van der Waals surface area contributed by atoms with Gasteiger partial charge in [0, 0.05) is 11.3 Å². The summed E-state index contributed by atoms with van der Waals surface area (Å²) >= 11 is 1.66. The number of amides is 1. The van der Waals surface area contributed by atoms with E-state index in [2.05, 4.69) is 16.4 Å². The van der Waals surface area contributed by atoms with Crippen molar-refractivity contribution in [1.82, 2.24) is 4.98 Å². The summed E-state index contributed by atoms with van der Waals surface area (Å²) in [5.41, 5.74) is 5.11. The zero-order chi connectivity index (χ0) is 19.5. The monoisotopic (exact) mass is 388 g/mol. The number of carbonyl (C=O) groups excluding carboxylic acids is 1. The van der Waals surface area contributed by atoms with E-state index in [1.165, 1.54) is 10.3 Å². The van der Waals surface area contributed by atoms with Gasteiger partial charge >= 0.3 is 0 Å². The first-order valence-electron chi connectivity index (χ1n) is 9.04. The number of benzene rings is 3. The number of aromatic nitrogens is 1. The number of hydrogen-bond acceptors (Lipinski definition) is 4. The molecule has 0 bridgehead atoms. The molecule has 0 fully saturated rings. The summed E-state index contributed by atoms with van der Waals surface area (Å²) in [5.74, 6) is 0.510. The Hall–Kier alpha value is -3.18. The van der Waals surface area contributed by atoms with Gasteiger partial charge in [0.15, 0.2) is 6.61 Å². The number of nitrogens with zero attached hydrogens (tertiary/aromatic N) is 1. The van der Waals surface area contributed by atoms with Gasteiger partial charge < -0.3 is 10.1 Å². The van der Waals surface area contributed by atoms with Crippen molar-refractivity contribution >= 4 is 33.1 Å². The molecule has 3 aromatic carbocycles. The maximum absolute atomic E-state index is 12.2. The zero-order valence-electron chi connectivity index (χ0n) is 15.7. The van der Waals surface area contributed by atoms with E-state index >= 15 is 0 Å². The molecule has 5 heteroatoms. The summed E-state index contributed by atoms with van der Waals surface area (Å²) in [6, 6.07) is 21.6. The van der Waals surface area contributed by atoms with E-state index in [1.807, 2.05) is 74.5 Å². The number of para-hydroxylation sites is 1. The molecule has 1 N–H and O–H groups in total. The molecule has 0 radical (unpaired) electrons. The molecule has 4 rings (SSSR count). The quantitative estimate of drug-likeness (QED) is 0.484. The largest absolute Gasteiger partial charge is 0.484 e. The first-order valence-corrected chi connectivity index (χ1v) is 9.86.